The molecule has 2 heterocycles. The molecule has 21 heavy (non-hydrogen) atoms. The first-order valence-corrected chi connectivity index (χ1v) is 7.48. The number of pyridine rings is 1. The summed E-state index contributed by atoms with van der Waals surface area (Å²) in [4.78, 5) is 4.35. The molecule has 0 fully saturated rings. The summed E-state index contributed by atoms with van der Waals surface area (Å²) in [7, 11) is 1.92. The van der Waals surface area contributed by atoms with Crippen molar-refractivity contribution in [3.8, 4) is 0 Å². The first kappa shape index (κ1) is 13.9. The Morgan fingerprint density at radius 3 is 2.95 bits per heavy atom. The fraction of sp³-hybridized carbons (Fsp3) is 0.200. The highest BCUT2D eigenvalue weighted by atomic mass is 79.9. The van der Waals surface area contributed by atoms with Crippen LogP contribution in [0.5, 0.6) is 0 Å². The van der Waals surface area contributed by atoms with E-state index in [0.717, 1.165) is 34.0 Å². The first-order valence-electron chi connectivity index (χ1n) is 6.68. The number of halogens is 1. The second-order valence-electron chi connectivity index (χ2n) is 4.95. The monoisotopic (exact) mass is 345 g/mol. The van der Waals surface area contributed by atoms with E-state index >= 15 is 0 Å². The van der Waals surface area contributed by atoms with Crippen LogP contribution in [0, 0.1) is 0 Å². The number of nitrogens with one attached hydrogen (secondary N) is 1. The van der Waals surface area contributed by atoms with E-state index in [0.29, 0.717) is 5.69 Å². The van der Waals surface area contributed by atoms with Crippen LogP contribution in [0.15, 0.2) is 41.3 Å². The molecule has 1 aromatic carbocycles. The van der Waals surface area contributed by atoms with Crippen LogP contribution in [-0.4, -0.2) is 21.3 Å². The zero-order valence-electron chi connectivity index (χ0n) is 11.7. The number of nitrogen functional groups attached to an aromatic ring is 1. The summed E-state index contributed by atoms with van der Waals surface area (Å²) in [6.07, 6.45) is 6.49. The zero-order valence-corrected chi connectivity index (χ0v) is 13.3. The van der Waals surface area contributed by atoms with Gasteiger partial charge in [0.25, 0.3) is 0 Å². The van der Waals surface area contributed by atoms with Gasteiger partial charge in [0.15, 0.2) is 0 Å². The molecule has 0 saturated heterocycles. The minimum atomic E-state index is 0.659. The van der Waals surface area contributed by atoms with Crippen LogP contribution in [-0.2, 0) is 13.5 Å². The van der Waals surface area contributed by atoms with Gasteiger partial charge < -0.3 is 11.1 Å². The van der Waals surface area contributed by atoms with Crippen LogP contribution in [0.2, 0.25) is 0 Å². The van der Waals surface area contributed by atoms with Crippen LogP contribution in [0.1, 0.15) is 5.56 Å². The molecule has 0 amide bonds. The Balaban J connectivity index is 1.82. The van der Waals surface area contributed by atoms with Gasteiger partial charge in [0, 0.05) is 29.6 Å². The summed E-state index contributed by atoms with van der Waals surface area (Å²) in [5, 5.41) is 8.61. The Morgan fingerprint density at radius 2 is 2.19 bits per heavy atom. The van der Waals surface area contributed by atoms with Crippen molar-refractivity contribution in [1.29, 1.82) is 0 Å². The lowest BCUT2D eigenvalue weighted by molar-refractivity contribution is 0.767. The van der Waals surface area contributed by atoms with Crippen molar-refractivity contribution in [1.82, 2.24) is 14.8 Å². The lowest BCUT2D eigenvalue weighted by atomic mass is 10.1. The number of nitrogens with zero attached hydrogens (tertiary/aromatic N) is 3. The van der Waals surface area contributed by atoms with Gasteiger partial charge in [-0.1, -0.05) is 15.9 Å². The van der Waals surface area contributed by atoms with Crippen molar-refractivity contribution >= 4 is 38.2 Å². The number of hydrogen-bond donors (Lipinski definition) is 2. The molecule has 0 spiro atoms. The maximum Gasteiger partial charge on any atom is 0.0743 e. The zero-order chi connectivity index (χ0) is 14.8. The number of benzene rings is 1. The highest BCUT2D eigenvalue weighted by molar-refractivity contribution is 9.10. The van der Waals surface area contributed by atoms with Crippen molar-refractivity contribution in [3.63, 3.8) is 0 Å². The van der Waals surface area contributed by atoms with Crippen LogP contribution >= 0.6 is 15.9 Å². The SMILES string of the molecule is Cn1cc(CCNc2c(N)cnc3ccc(Br)cc23)cn1. The molecular weight excluding hydrogens is 330 g/mol. The van der Waals surface area contributed by atoms with Crippen LogP contribution in [0.3, 0.4) is 0 Å². The third kappa shape index (κ3) is 3.00. The van der Waals surface area contributed by atoms with Gasteiger partial charge in [0.1, 0.15) is 0 Å². The van der Waals surface area contributed by atoms with E-state index in [2.05, 4.69) is 31.3 Å². The average molecular weight is 346 g/mol. The predicted molar refractivity (Wildman–Crippen MR) is 89.3 cm³/mol. The molecule has 6 heteroatoms. The lowest BCUT2D eigenvalue weighted by Gasteiger charge is -2.12. The average Bonchev–Trinajstić information content (AvgIpc) is 2.87. The smallest absolute Gasteiger partial charge is 0.0743 e. The fourth-order valence-electron chi connectivity index (χ4n) is 2.31. The molecule has 108 valence electrons. The Bertz CT molecular complexity index is 776. The Morgan fingerprint density at radius 1 is 1.33 bits per heavy atom. The molecule has 3 rings (SSSR count). The van der Waals surface area contributed by atoms with Crippen LogP contribution in [0.25, 0.3) is 10.9 Å². The number of aromatic nitrogens is 3. The highest BCUT2D eigenvalue weighted by Gasteiger charge is 2.07. The lowest BCUT2D eigenvalue weighted by Crippen LogP contribution is -2.07. The first-order chi connectivity index (χ1) is 10.1. The van der Waals surface area contributed by atoms with Gasteiger partial charge in [-0.15, -0.1) is 0 Å². The van der Waals surface area contributed by atoms with Gasteiger partial charge in [-0.25, -0.2) is 0 Å². The van der Waals surface area contributed by atoms with Gasteiger partial charge in [0.05, 0.1) is 29.3 Å². The quantitative estimate of drug-likeness (QED) is 0.762. The maximum absolute atomic E-state index is 6.06. The number of anilines is 2. The summed E-state index contributed by atoms with van der Waals surface area (Å²) in [6.45, 7) is 0.793. The predicted octanol–water partition coefficient (Wildman–Crippen LogP) is 2.97. The van der Waals surface area contributed by atoms with Gasteiger partial charge in [-0.05, 0) is 30.2 Å². The molecule has 2 aromatic heterocycles. The normalized spacial score (nSPS) is 11.0. The summed E-state index contributed by atoms with van der Waals surface area (Å²) in [5.41, 5.74) is 9.78. The maximum atomic E-state index is 6.06. The van der Waals surface area contributed by atoms with Crippen molar-refractivity contribution in [2.45, 2.75) is 6.42 Å². The molecule has 0 aliphatic carbocycles. The summed E-state index contributed by atoms with van der Waals surface area (Å²) in [5.74, 6) is 0. The van der Waals surface area contributed by atoms with Gasteiger partial charge in [0.2, 0.25) is 0 Å². The molecule has 5 nitrogen and oxygen atoms in total. The Labute approximate surface area is 131 Å². The molecule has 0 aliphatic heterocycles. The van der Waals surface area contributed by atoms with Crippen molar-refractivity contribution in [2.75, 3.05) is 17.6 Å². The summed E-state index contributed by atoms with van der Waals surface area (Å²) in [6, 6.07) is 5.99. The second kappa shape index (κ2) is 5.73. The van der Waals surface area contributed by atoms with E-state index in [9.17, 15) is 0 Å². The van der Waals surface area contributed by atoms with Gasteiger partial charge in [-0.2, -0.15) is 5.10 Å². The molecule has 3 N–H and O–H groups in total. The molecule has 0 unspecified atom stereocenters. The van der Waals surface area contributed by atoms with Crippen LogP contribution < -0.4 is 11.1 Å². The molecular formula is C15H16BrN5. The van der Waals surface area contributed by atoms with Gasteiger partial charge in [-0.3, -0.25) is 9.67 Å². The standard InChI is InChI=1S/C15H16BrN5/c1-21-9-10(7-20-21)4-5-18-15-12-6-11(16)2-3-14(12)19-8-13(15)17/h2-3,6-9H,4-5,17H2,1H3,(H,18,19). The number of nitrogens with two attached hydrogens (primary N) is 1. The fourth-order valence-corrected chi connectivity index (χ4v) is 2.67. The van der Waals surface area contributed by atoms with Gasteiger partial charge >= 0.3 is 0 Å². The number of aryl methyl sites for hydroxylation is 1. The summed E-state index contributed by atoms with van der Waals surface area (Å²) >= 11 is 3.49. The molecule has 0 saturated carbocycles. The second-order valence-corrected chi connectivity index (χ2v) is 5.86. The number of hydrogen-bond acceptors (Lipinski definition) is 4. The van der Waals surface area contributed by atoms with Crippen molar-refractivity contribution < 1.29 is 0 Å². The largest absolute Gasteiger partial charge is 0.396 e. The molecule has 0 radical (unpaired) electrons. The minimum absolute atomic E-state index is 0.659. The third-order valence-electron chi connectivity index (χ3n) is 3.33. The van der Waals surface area contributed by atoms with Crippen molar-refractivity contribution in [2.24, 2.45) is 7.05 Å². The molecule has 0 atom stereocenters. The van der Waals surface area contributed by atoms with E-state index in [1.807, 2.05) is 42.3 Å². The van der Waals surface area contributed by atoms with E-state index in [4.69, 9.17) is 5.73 Å². The molecule has 0 aliphatic rings. The molecule has 0 bridgehead atoms. The summed E-state index contributed by atoms with van der Waals surface area (Å²) < 4.78 is 2.82. The number of rotatable bonds is 4. The van der Waals surface area contributed by atoms with E-state index in [1.165, 1.54) is 5.56 Å². The highest BCUT2D eigenvalue weighted by Crippen LogP contribution is 2.29. The Kier molecular flexibility index (Phi) is 3.79. The van der Waals surface area contributed by atoms with Crippen molar-refractivity contribution in [3.05, 3.63) is 46.8 Å². The van der Waals surface area contributed by atoms with E-state index in [-0.39, 0.29) is 0 Å². The Hall–Kier alpha value is -2.08. The van der Waals surface area contributed by atoms with E-state index in [1.54, 1.807) is 6.20 Å². The minimum Gasteiger partial charge on any atom is -0.396 e. The van der Waals surface area contributed by atoms with Crippen LogP contribution in [0.4, 0.5) is 11.4 Å². The van der Waals surface area contributed by atoms with E-state index < -0.39 is 0 Å². The third-order valence-corrected chi connectivity index (χ3v) is 3.83. The molecule has 3 aromatic rings. The topological polar surface area (TPSA) is 68.8 Å². The number of fused-ring (bicyclic) bond motifs is 1.